The highest BCUT2D eigenvalue weighted by molar-refractivity contribution is 5.96. The number of rotatable bonds is 3. The summed E-state index contributed by atoms with van der Waals surface area (Å²) in [7, 11) is 0. The molecule has 0 saturated carbocycles. The Morgan fingerprint density at radius 3 is 2.62 bits per heavy atom. The third-order valence-electron chi connectivity index (χ3n) is 3.41. The van der Waals surface area contributed by atoms with Crippen molar-refractivity contribution in [3.05, 3.63) is 65.9 Å². The van der Waals surface area contributed by atoms with E-state index in [1.165, 1.54) is 0 Å². The maximum absolute atomic E-state index is 11.2. The second-order valence-corrected chi connectivity index (χ2v) is 4.84. The van der Waals surface area contributed by atoms with Crippen LogP contribution in [0.4, 0.5) is 0 Å². The van der Waals surface area contributed by atoms with Gasteiger partial charge in [-0.05, 0) is 37.3 Å². The second kappa shape index (κ2) is 5.28. The summed E-state index contributed by atoms with van der Waals surface area (Å²) in [5, 5.41) is 0.885. The molecule has 5 nitrogen and oxygen atoms in total. The predicted octanol–water partition coefficient (Wildman–Crippen LogP) is 2.28. The fourth-order valence-electron chi connectivity index (χ4n) is 2.20. The van der Waals surface area contributed by atoms with Crippen molar-refractivity contribution in [3.8, 4) is 0 Å². The number of carbonyl (C=O) groups is 1. The molecule has 3 rings (SSSR count). The number of pyridine rings is 1. The third-order valence-corrected chi connectivity index (χ3v) is 3.41. The van der Waals surface area contributed by atoms with Crippen LogP contribution in [-0.4, -0.2) is 20.9 Å². The van der Waals surface area contributed by atoms with Crippen LogP contribution in [0.3, 0.4) is 0 Å². The van der Waals surface area contributed by atoms with E-state index < -0.39 is 5.91 Å². The Hall–Kier alpha value is -2.82. The average Bonchev–Trinajstić information content (AvgIpc) is 2.54. The zero-order valence-corrected chi connectivity index (χ0v) is 11.5. The summed E-state index contributed by atoms with van der Waals surface area (Å²) in [6.07, 6.45) is 3.44. The van der Waals surface area contributed by atoms with E-state index in [9.17, 15) is 4.79 Å². The van der Waals surface area contributed by atoms with Crippen LogP contribution in [0.25, 0.3) is 10.9 Å². The van der Waals surface area contributed by atoms with E-state index in [0.717, 1.165) is 22.4 Å². The number of primary amides is 1. The van der Waals surface area contributed by atoms with Gasteiger partial charge in [0.1, 0.15) is 5.82 Å². The van der Waals surface area contributed by atoms with Gasteiger partial charge in [0.05, 0.1) is 17.1 Å². The Morgan fingerprint density at radius 2 is 1.90 bits per heavy atom. The zero-order valence-electron chi connectivity index (χ0n) is 11.5. The minimum Gasteiger partial charge on any atom is -0.366 e. The van der Waals surface area contributed by atoms with Gasteiger partial charge in [-0.2, -0.15) is 0 Å². The molecule has 1 amide bonds. The molecule has 2 N–H and O–H groups in total. The normalized spacial score (nSPS) is 12.2. The predicted molar refractivity (Wildman–Crippen MR) is 79.8 cm³/mol. The molecule has 0 unspecified atom stereocenters. The second-order valence-electron chi connectivity index (χ2n) is 4.84. The lowest BCUT2D eigenvalue weighted by atomic mass is 10.0. The monoisotopic (exact) mass is 278 g/mol. The van der Waals surface area contributed by atoms with E-state index in [-0.39, 0.29) is 5.92 Å². The lowest BCUT2D eigenvalue weighted by Crippen LogP contribution is -2.10. The number of amides is 1. The molecule has 104 valence electrons. The molecular formula is C16H14N4O. The number of fused-ring (bicyclic) bond motifs is 1. The first-order valence-electron chi connectivity index (χ1n) is 6.62. The van der Waals surface area contributed by atoms with E-state index in [1.54, 1.807) is 36.7 Å². The first-order valence-corrected chi connectivity index (χ1v) is 6.62. The maximum atomic E-state index is 11.2. The van der Waals surface area contributed by atoms with Crippen LogP contribution >= 0.6 is 0 Å². The number of carbonyl (C=O) groups excluding carboxylic acids is 1. The summed E-state index contributed by atoms with van der Waals surface area (Å²) < 4.78 is 0. The molecule has 0 fully saturated rings. The van der Waals surface area contributed by atoms with Crippen LogP contribution in [0.1, 0.15) is 34.7 Å². The largest absolute Gasteiger partial charge is 0.366 e. The Bertz CT molecular complexity index is 802. The highest BCUT2D eigenvalue weighted by Crippen LogP contribution is 2.22. The first-order chi connectivity index (χ1) is 10.1. The molecule has 0 spiro atoms. The van der Waals surface area contributed by atoms with Crippen molar-refractivity contribution in [2.45, 2.75) is 12.8 Å². The van der Waals surface area contributed by atoms with Gasteiger partial charge in [0.2, 0.25) is 5.91 Å². The third kappa shape index (κ3) is 2.58. The fraction of sp³-hybridized carbons (Fsp3) is 0.125. The molecule has 3 aromatic rings. The SMILES string of the molecule is C[C@H](c1ccc2cc(C(N)=O)ccc2n1)c1ncccn1. The van der Waals surface area contributed by atoms with Crippen LogP contribution in [-0.2, 0) is 0 Å². The highest BCUT2D eigenvalue weighted by Gasteiger charge is 2.13. The molecular weight excluding hydrogens is 264 g/mol. The minimum atomic E-state index is -0.438. The number of aromatic nitrogens is 3. The van der Waals surface area contributed by atoms with Crippen LogP contribution in [0.5, 0.6) is 0 Å². The van der Waals surface area contributed by atoms with E-state index >= 15 is 0 Å². The Balaban J connectivity index is 2.02. The highest BCUT2D eigenvalue weighted by atomic mass is 16.1. The van der Waals surface area contributed by atoms with Crippen LogP contribution in [0.2, 0.25) is 0 Å². The summed E-state index contributed by atoms with van der Waals surface area (Å²) in [5.41, 5.74) is 7.47. The molecule has 0 radical (unpaired) electrons. The minimum absolute atomic E-state index is 0.00594. The van der Waals surface area contributed by atoms with E-state index in [1.807, 2.05) is 19.1 Å². The lowest BCUT2D eigenvalue weighted by molar-refractivity contribution is 0.100. The van der Waals surface area contributed by atoms with Gasteiger partial charge in [0.25, 0.3) is 0 Å². The van der Waals surface area contributed by atoms with Gasteiger partial charge in [-0.15, -0.1) is 0 Å². The van der Waals surface area contributed by atoms with Crippen molar-refractivity contribution in [1.82, 2.24) is 15.0 Å². The maximum Gasteiger partial charge on any atom is 0.248 e. The molecule has 1 aromatic carbocycles. The Kier molecular flexibility index (Phi) is 3.31. The number of hydrogen-bond acceptors (Lipinski definition) is 4. The Morgan fingerprint density at radius 1 is 1.14 bits per heavy atom. The van der Waals surface area contributed by atoms with E-state index in [4.69, 9.17) is 5.73 Å². The van der Waals surface area contributed by atoms with Crippen molar-refractivity contribution in [2.75, 3.05) is 0 Å². The van der Waals surface area contributed by atoms with Crippen LogP contribution in [0.15, 0.2) is 48.8 Å². The molecule has 2 aromatic heterocycles. The van der Waals surface area contributed by atoms with Gasteiger partial charge < -0.3 is 5.73 Å². The van der Waals surface area contributed by atoms with E-state index in [0.29, 0.717) is 5.56 Å². The van der Waals surface area contributed by atoms with Crippen molar-refractivity contribution >= 4 is 16.8 Å². The molecule has 1 atom stereocenters. The summed E-state index contributed by atoms with van der Waals surface area (Å²) >= 11 is 0. The van der Waals surface area contributed by atoms with Crippen LogP contribution in [0, 0.1) is 0 Å². The molecule has 0 aliphatic carbocycles. The molecule has 2 heterocycles. The summed E-state index contributed by atoms with van der Waals surface area (Å²) in [6, 6.07) is 10.9. The number of nitrogens with zero attached hydrogens (tertiary/aromatic N) is 3. The van der Waals surface area contributed by atoms with Gasteiger partial charge in [-0.25, -0.2) is 9.97 Å². The molecule has 0 aliphatic rings. The molecule has 0 saturated heterocycles. The number of benzene rings is 1. The smallest absolute Gasteiger partial charge is 0.248 e. The number of hydrogen-bond donors (Lipinski definition) is 1. The van der Waals surface area contributed by atoms with E-state index in [2.05, 4.69) is 15.0 Å². The van der Waals surface area contributed by atoms with Crippen molar-refractivity contribution < 1.29 is 4.79 Å². The van der Waals surface area contributed by atoms with Gasteiger partial charge in [-0.3, -0.25) is 9.78 Å². The summed E-state index contributed by atoms with van der Waals surface area (Å²) in [5.74, 6) is 0.302. The average molecular weight is 278 g/mol. The van der Waals surface area contributed by atoms with Gasteiger partial charge in [0, 0.05) is 23.3 Å². The number of nitrogens with two attached hydrogens (primary N) is 1. The molecule has 0 aliphatic heterocycles. The zero-order chi connectivity index (χ0) is 14.8. The molecule has 5 heteroatoms. The molecule has 0 bridgehead atoms. The standard InChI is InChI=1S/C16H14N4O/c1-10(16-18-7-2-8-19-16)13-5-3-11-9-12(15(17)21)4-6-14(11)20-13/h2-10H,1H3,(H2,17,21)/t10-/m1/s1. The lowest BCUT2D eigenvalue weighted by Gasteiger charge is -2.10. The quantitative estimate of drug-likeness (QED) is 0.796. The first kappa shape index (κ1) is 13.2. The summed E-state index contributed by atoms with van der Waals surface area (Å²) in [6.45, 7) is 2.02. The van der Waals surface area contributed by atoms with Crippen LogP contribution < -0.4 is 5.73 Å². The van der Waals surface area contributed by atoms with Crippen molar-refractivity contribution in [1.29, 1.82) is 0 Å². The summed E-state index contributed by atoms with van der Waals surface area (Å²) in [4.78, 5) is 24.3. The van der Waals surface area contributed by atoms with Crippen molar-refractivity contribution in [2.24, 2.45) is 5.73 Å². The Labute approximate surface area is 121 Å². The fourth-order valence-corrected chi connectivity index (χ4v) is 2.20. The topological polar surface area (TPSA) is 81.8 Å². The van der Waals surface area contributed by atoms with Crippen molar-refractivity contribution in [3.63, 3.8) is 0 Å². The molecule has 21 heavy (non-hydrogen) atoms. The van der Waals surface area contributed by atoms with Gasteiger partial charge in [0.15, 0.2) is 0 Å². The van der Waals surface area contributed by atoms with Gasteiger partial charge >= 0.3 is 0 Å². The van der Waals surface area contributed by atoms with Gasteiger partial charge in [-0.1, -0.05) is 6.07 Å².